The molecule has 0 saturated heterocycles. The number of hydrogen-bond acceptors (Lipinski definition) is 6. The van der Waals surface area contributed by atoms with Gasteiger partial charge in [0.2, 0.25) is 5.91 Å². The molecule has 2 N–H and O–H groups in total. The molecule has 13 heteroatoms. The summed E-state index contributed by atoms with van der Waals surface area (Å²) in [4.78, 5) is 33.4. The van der Waals surface area contributed by atoms with Crippen LogP contribution in [0.2, 0.25) is 0 Å². The highest BCUT2D eigenvalue weighted by molar-refractivity contribution is 6.03. The molecular weight excluding hydrogens is 556 g/mol. The minimum Gasteiger partial charge on any atom is -0.454 e. The van der Waals surface area contributed by atoms with Gasteiger partial charge in [-0.2, -0.15) is 18.3 Å². The number of hydrogen-bond donors (Lipinski definition) is 2. The molecule has 1 aliphatic carbocycles. The second-order valence-electron chi connectivity index (χ2n) is 9.54. The van der Waals surface area contributed by atoms with Gasteiger partial charge in [-0.25, -0.2) is 18.9 Å². The molecule has 1 saturated carbocycles. The molecule has 2 aromatic carbocycles. The third-order valence-electron chi connectivity index (χ3n) is 6.45. The highest BCUT2D eigenvalue weighted by atomic mass is 19.4. The maximum Gasteiger partial charge on any atom is 0.416 e. The first-order valence-electron chi connectivity index (χ1n) is 12.7. The number of halogens is 4. The van der Waals surface area contributed by atoms with Crippen molar-refractivity contribution in [2.24, 2.45) is 5.92 Å². The fourth-order valence-corrected chi connectivity index (χ4v) is 4.17. The molecule has 1 fully saturated rings. The summed E-state index contributed by atoms with van der Waals surface area (Å²) in [6.07, 6.45) is 0.0505. The van der Waals surface area contributed by atoms with Crippen molar-refractivity contribution in [3.63, 3.8) is 0 Å². The first kappa shape index (κ1) is 26.9. The molecule has 0 atom stereocenters. The summed E-state index contributed by atoms with van der Waals surface area (Å²) < 4.78 is 61.0. The molecule has 0 aliphatic heterocycles. The Morgan fingerprint density at radius 2 is 1.71 bits per heavy atom. The number of amides is 2. The van der Waals surface area contributed by atoms with Crippen LogP contribution in [0.5, 0.6) is 11.5 Å². The van der Waals surface area contributed by atoms with E-state index >= 15 is 0 Å². The monoisotopic (exact) mass is 576 g/mol. The van der Waals surface area contributed by atoms with Gasteiger partial charge in [-0.3, -0.25) is 9.59 Å². The van der Waals surface area contributed by atoms with Gasteiger partial charge in [0, 0.05) is 41.6 Å². The van der Waals surface area contributed by atoms with Crippen molar-refractivity contribution in [2.45, 2.75) is 19.0 Å². The largest absolute Gasteiger partial charge is 0.454 e. The Morgan fingerprint density at radius 1 is 0.929 bits per heavy atom. The molecule has 212 valence electrons. The molecule has 0 radical (unpaired) electrons. The molecule has 6 rings (SSSR count). The van der Waals surface area contributed by atoms with E-state index in [1.165, 1.54) is 65.4 Å². The lowest BCUT2D eigenvalue weighted by Crippen LogP contribution is -2.15. The Hall–Kier alpha value is -5.33. The van der Waals surface area contributed by atoms with Crippen LogP contribution in [0.1, 0.15) is 28.9 Å². The van der Waals surface area contributed by atoms with Crippen molar-refractivity contribution in [1.29, 1.82) is 0 Å². The first-order chi connectivity index (χ1) is 20.1. The first-order valence-corrected chi connectivity index (χ1v) is 12.7. The van der Waals surface area contributed by atoms with Gasteiger partial charge in [0.25, 0.3) is 5.91 Å². The van der Waals surface area contributed by atoms with E-state index in [1.807, 2.05) is 0 Å². The third kappa shape index (κ3) is 5.75. The van der Waals surface area contributed by atoms with E-state index in [0.717, 1.165) is 31.0 Å². The van der Waals surface area contributed by atoms with Gasteiger partial charge in [-0.05, 0) is 49.2 Å². The minimum absolute atomic E-state index is 0.00907. The average molecular weight is 577 g/mol. The van der Waals surface area contributed by atoms with Crippen molar-refractivity contribution >= 4 is 29.0 Å². The molecule has 0 unspecified atom stereocenters. The SMILES string of the molecule is O=C(Nc1ccc(Oc2ccnc(NC(=O)C3CC3)c2)c(F)c1)c1cc(-c2ccc(C(F)(F)F)cc2)n2nccc2n1. The number of carbonyl (C=O) groups is 2. The van der Waals surface area contributed by atoms with Crippen LogP contribution in [0, 0.1) is 11.7 Å². The molecule has 2 amide bonds. The average Bonchev–Trinajstić information content (AvgIpc) is 3.71. The normalized spacial score (nSPS) is 13.1. The Bertz CT molecular complexity index is 1820. The lowest BCUT2D eigenvalue weighted by Gasteiger charge is -2.12. The van der Waals surface area contributed by atoms with Crippen LogP contribution in [-0.4, -0.2) is 31.4 Å². The van der Waals surface area contributed by atoms with Gasteiger partial charge in [-0.15, -0.1) is 0 Å². The topological polar surface area (TPSA) is 111 Å². The number of pyridine rings is 1. The zero-order chi connectivity index (χ0) is 29.4. The van der Waals surface area contributed by atoms with Crippen LogP contribution in [0.3, 0.4) is 0 Å². The molecule has 3 aromatic heterocycles. The summed E-state index contributed by atoms with van der Waals surface area (Å²) >= 11 is 0. The predicted octanol–water partition coefficient (Wildman–Crippen LogP) is 6.34. The molecule has 0 bridgehead atoms. The highest BCUT2D eigenvalue weighted by Crippen LogP contribution is 2.33. The van der Waals surface area contributed by atoms with Crippen molar-refractivity contribution in [3.8, 4) is 22.8 Å². The molecular formula is C29H20F4N6O3. The molecule has 3 heterocycles. The second-order valence-corrected chi connectivity index (χ2v) is 9.54. The van der Waals surface area contributed by atoms with Gasteiger partial charge in [-0.1, -0.05) is 12.1 Å². The fraction of sp³-hybridized carbons (Fsp3) is 0.138. The number of nitrogens with one attached hydrogen (secondary N) is 2. The minimum atomic E-state index is -4.49. The van der Waals surface area contributed by atoms with Crippen molar-refractivity contribution in [1.82, 2.24) is 19.6 Å². The van der Waals surface area contributed by atoms with Crippen molar-refractivity contribution in [2.75, 3.05) is 10.6 Å². The van der Waals surface area contributed by atoms with Crippen LogP contribution in [0.4, 0.5) is 29.1 Å². The quantitative estimate of drug-likeness (QED) is 0.219. The van der Waals surface area contributed by atoms with E-state index in [2.05, 4.69) is 25.7 Å². The molecule has 0 spiro atoms. The van der Waals surface area contributed by atoms with Gasteiger partial charge < -0.3 is 15.4 Å². The molecule has 9 nitrogen and oxygen atoms in total. The Balaban J connectivity index is 1.19. The molecule has 5 aromatic rings. The van der Waals surface area contributed by atoms with E-state index in [0.29, 0.717) is 11.3 Å². The van der Waals surface area contributed by atoms with E-state index in [-0.39, 0.29) is 46.2 Å². The Labute approximate surface area is 235 Å². The van der Waals surface area contributed by atoms with Crippen molar-refractivity contribution < 1.29 is 31.9 Å². The Morgan fingerprint density at radius 3 is 2.43 bits per heavy atom. The van der Waals surface area contributed by atoms with E-state index < -0.39 is 23.5 Å². The van der Waals surface area contributed by atoms with Crippen LogP contribution in [0.25, 0.3) is 16.9 Å². The van der Waals surface area contributed by atoms with Gasteiger partial charge >= 0.3 is 6.18 Å². The number of carbonyl (C=O) groups excluding carboxylic acids is 2. The van der Waals surface area contributed by atoms with Crippen LogP contribution in [0.15, 0.2) is 79.1 Å². The van der Waals surface area contributed by atoms with Gasteiger partial charge in [0.15, 0.2) is 17.2 Å². The smallest absolute Gasteiger partial charge is 0.416 e. The second kappa shape index (κ2) is 10.6. The van der Waals surface area contributed by atoms with Crippen LogP contribution in [-0.2, 0) is 11.0 Å². The standard InChI is InChI=1S/C29H20F4N6O3/c30-21-13-19(7-8-24(21)42-20-9-11-34-25(14-20)38-27(40)17-1-2-17)36-28(41)22-15-23(39-26(37-22)10-12-35-39)16-3-5-18(6-4-16)29(31,32)33/h3-15,17H,1-2H2,(H,36,41)(H,34,38,40). The van der Waals surface area contributed by atoms with Crippen molar-refractivity contribution in [3.05, 3.63) is 96.2 Å². The summed E-state index contributed by atoms with van der Waals surface area (Å²) in [7, 11) is 0. The van der Waals surface area contributed by atoms with E-state index in [1.54, 1.807) is 0 Å². The lowest BCUT2D eigenvalue weighted by molar-refractivity contribution is -0.137. The zero-order valence-electron chi connectivity index (χ0n) is 21.5. The number of benzene rings is 2. The zero-order valence-corrected chi connectivity index (χ0v) is 21.5. The maximum absolute atomic E-state index is 14.9. The summed E-state index contributed by atoms with van der Waals surface area (Å²) in [5.74, 6) is -1.16. The number of ether oxygens (including phenoxy) is 1. The van der Waals surface area contributed by atoms with Gasteiger partial charge in [0.1, 0.15) is 17.3 Å². The number of anilines is 2. The van der Waals surface area contributed by atoms with Crippen LogP contribution < -0.4 is 15.4 Å². The predicted molar refractivity (Wildman–Crippen MR) is 143 cm³/mol. The summed E-state index contributed by atoms with van der Waals surface area (Å²) in [5, 5.41) is 9.41. The Kier molecular flexibility index (Phi) is 6.77. The van der Waals surface area contributed by atoms with Gasteiger partial charge in [0.05, 0.1) is 17.5 Å². The maximum atomic E-state index is 14.9. The molecule has 1 aliphatic rings. The number of fused-ring (bicyclic) bond motifs is 1. The third-order valence-corrected chi connectivity index (χ3v) is 6.45. The summed E-state index contributed by atoms with van der Waals surface area (Å²) in [6, 6.07) is 14.2. The molecule has 42 heavy (non-hydrogen) atoms. The highest BCUT2D eigenvalue weighted by Gasteiger charge is 2.31. The lowest BCUT2D eigenvalue weighted by atomic mass is 10.1. The number of nitrogens with zero attached hydrogens (tertiary/aromatic N) is 4. The van der Waals surface area contributed by atoms with Crippen LogP contribution >= 0.6 is 0 Å². The van der Waals surface area contributed by atoms with E-state index in [4.69, 9.17) is 4.74 Å². The summed E-state index contributed by atoms with van der Waals surface area (Å²) in [5.41, 5.74) is 0.252. The summed E-state index contributed by atoms with van der Waals surface area (Å²) in [6.45, 7) is 0. The fourth-order valence-electron chi connectivity index (χ4n) is 4.17. The number of aromatic nitrogens is 4. The number of alkyl halides is 3. The number of rotatable bonds is 7. The van der Waals surface area contributed by atoms with E-state index in [9.17, 15) is 27.2 Å².